The molecule has 0 aromatic heterocycles. The molecule has 2 heteroatoms. The summed E-state index contributed by atoms with van der Waals surface area (Å²) < 4.78 is 5.88. The molecule has 0 radical (unpaired) electrons. The van der Waals surface area contributed by atoms with Crippen molar-refractivity contribution in [3.8, 4) is 5.75 Å². The highest BCUT2D eigenvalue weighted by Gasteiger charge is 2.19. The normalized spacial score (nSPS) is 18.9. The van der Waals surface area contributed by atoms with E-state index in [0.717, 1.165) is 18.6 Å². The molecule has 2 nitrogen and oxygen atoms in total. The van der Waals surface area contributed by atoms with Crippen molar-refractivity contribution >= 4 is 0 Å². The van der Waals surface area contributed by atoms with Gasteiger partial charge >= 0.3 is 0 Å². The van der Waals surface area contributed by atoms with Gasteiger partial charge in [0.25, 0.3) is 0 Å². The van der Waals surface area contributed by atoms with E-state index in [1.165, 1.54) is 31.2 Å². The van der Waals surface area contributed by atoms with Gasteiger partial charge in [0.15, 0.2) is 0 Å². The lowest BCUT2D eigenvalue weighted by molar-refractivity contribution is 0.0849. The maximum atomic E-state index is 10.1. The molecule has 1 aliphatic carbocycles. The van der Waals surface area contributed by atoms with E-state index in [1.54, 1.807) is 0 Å². The van der Waals surface area contributed by atoms with Crippen LogP contribution < -0.4 is 4.74 Å². The van der Waals surface area contributed by atoms with Crippen LogP contribution in [0.2, 0.25) is 0 Å². The summed E-state index contributed by atoms with van der Waals surface area (Å²) in [5.74, 6) is 2.14. The first-order valence-electron chi connectivity index (χ1n) is 8.10. The Morgan fingerprint density at radius 1 is 1.25 bits per heavy atom. The summed E-state index contributed by atoms with van der Waals surface area (Å²) in [6.07, 6.45) is 6.88. The number of hydrogen-bond donors (Lipinski definition) is 1. The molecule has 2 unspecified atom stereocenters. The summed E-state index contributed by atoms with van der Waals surface area (Å²) >= 11 is 0. The van der Waals surface area contributed by atoms with Crippen molar-refractivity contribution in [2.75, 3.05) is 6.61 Å². The number of hydrogen-bond acceptors (Lipinski definition) is 2. The molecular formula is C18H28O2. The molecule has 0 spiro atoms. The van der Waals surface area contributed by atoms with Gasteiger partial charge in [-0.2, -0.15) is 0 Å². The number of aliphatic hydroxyl groups excluding tert-OH is 1. The van der Waals surface area contributed by atoms with Crippen molar-refractivity contribution in [1.29, 1.82) is 0 Å². The van der Waals surface area contributed by atoms with Crippen LogP contribution in [0.5, 0.6) is 5.75 Å². The molecule has 1 aromatic carbocycles. The summed E-state index contributed by atoms with van der Waals surface area (Å²) in [6, 6.07) is 8.21. The van der Waals surface area contributed by atoms with Gasteiger partial charge in [-0.3, -0.25) is 0 Å². The first-order chi connectivity index (χ1) is 9.70. The highest BCUT2D eigenvalue weighted by Crippen LogP contribution is 2.30. The highest BCUT2D eigenvalue weighted by molar-refractivity contribution is 5.35. The molecule has 2 rings (SSSR count). The first kappa shape index (κ1) is 15.4. The second-order valence-electron chi connectivity index (χ2n) is 6.20. The van der Waals surface area contributed by atoms with Crippen LogP contribution in [0.25, 0.3) is 0 Å². The third-order valence-corrected chi connectivity index (χ3v) is 4.57. The number of benzene rings is 1. The predicted molar refractivity (Wildman–Crippen MR) is 83.2 cm³/mol. The van der Waals surface area contributed by atoms with E-state index in [9.17, 15) is 5.11 Å². The van der Waals surface area contributed by atoms with Gasteiger partial charge in [0.2, 0.25) is 0 Å². The van der Waals surface area contributed by atoms with Gasteiger partial charge in [-0.15, -0.1) is 0 Å². The molecule has 1 saturated carbocycles. The molecule has 1 aromatic rings. The fourth-order valence-corrected chi connectivity index (χ4v) is 3.12. The lowest BCUT2D eigenvalue weighted by Crippen LogP contribution is -2.20. The van der Waals surface area contributed by atoms with Crippen molar-refractivity contribution in [3.63, 3.8) is 0 Å². The molecule has 0 amide bonds. The van der Waals surface area contributed by atoms with E-state index in [1.807, 2.05) is 12.1 Å². The van der Waals surface area contributed by atoms with Crippen LogP contribution in [-0.4, -0.2) is 17.8 Å². The molecule has 1 fully saturated rings. The minimum absolute atomic E-state index is 0.330. The van der Waals surface area contributed by atoms with Gasteiger partial charge in [-0.05, 0) is 36.3 Å². The maximum Gasteiger partial charge on any atom is 0.122 e. The zero-order valence-electron chi connectivity index (χ0n) is 12.8. The number of aliphatic hydroxyl groups is 1. The Bertz CT molecular complexity index is 396. The average Bonchev–Trinajstić information content (AvgIpc) is 2.97. The molecule has 2 atom stereocenters. The van der Waals surface area contributed by atoms with E-state index in [4.69, 9.17) is 4.74 Å². The number of rotatable bonds is 7. The molecule has 1 N–H and O–H groups in total. The second kappa shape index (κ2) is 7.68. The van der Waals surface area contributed by atoms with Gasteiger partial charge in [0.05, 0.1) is 6.10 Å². The summed E-state index contributed by atoms with van der Waals surface area (Å²) in [5.41, 5.74) is 1.25. The van der Waals surface area contributed by atoms with Gasteiger partial charge in [-0.25, -0.2) is 0 Å². The Labute approximate surface area is 123 Å². The topological polar surface area (TPSA) is 29.5 Å². The van der Waals surface area contributed by atoms with Crippen LogP contribution >= 0.6 is 0 Å². The summed E-state index contributed by atoms with van der Waals surface area (Å²) in [6.45, 7) is 4.83. The fraction of sp³-hybridized carbons (Fsp3) is 0.667. The molecule has 0 heterocycles. The fourth-order valence-electron chi connectivity index (χ4n) is 3.12. The molecule has 0 aliphatic heterocycles. The van der Waals surface area contributed by atoms with Crippen LogP contribution in [0.3, 0.4) is 0 Å². The van der Waals surface area contributed by atoms with Crippen molar-refractivity contribution in [2.24, 2.45) is 5.92 Å². The van der Waals surface area contributed by atoms with Gasteiger partial charge in [0.1, 0.15) is 12.4 Å². The molecule has 0 bridgehead atoms. The minimum Gasteiger partial charge on any atom is -0.491 e. The van der Waals surface area contributed by atoms with Crippen LogP contribution in [0, 0.1) is 5.92 Å². The largest absolute Gasteiger partial charge is 0.491 e. The summed E-state index contributed by atoms with van der Waals surface area (Å²) in [7, 11) is 0. The van der Waals surface area contributed by atoms with Crippen molar-refractivity contribution in [2.45, 2.75) is 64.4 Å². The highest BCUT2D eigenvalue weighted by atomic mass is 16.5. The Hall–Kier alpha value is -1.02. The predicted octanol–water partition coefficient (Wildman–Crippen LogP) is 4.52. The zero-order valence-corrected chi connectivity index (χ0v) is 12.8. The van der Waals surface area contributed by atoms with Crippen molar-refractivity contribution in [1.82, 2.24) is 0 Å². The van der Waals surface area contributed by atoms with E-state index >= 15 is 0 Å². The Balaban J connectivity index is 1.86. The Kier molecular flexibility index (Phi) is 5.90. The zero-order chi connectivity index (χ0) is 14.4. The number of para-hydroxylation sites is 1. The second-order valence-corrected chi connectivity index (χ2v) is 6.20. The quantitative estimate of drug-likeness (QED) is 0.793. The van der Waals surface area contributed by atoms with E-state index in [-0.39, 0.29) is 6.10 Å². The van der Waals surface area contributed by atoms with Crippen LogP contribution in [-0.2, 0) is 0 Å². The summed E-state index contributed by atoms with van der Waals surface area (Å²) in [5, 5.41) is 10.1. The molecule has 1 aliphatic rings. The molecule has 0 saturated heterocycles. The van der Waals surface area contributed by atoms with Crippen LogP contribution in [0.4, 0.5) is 0 Å². The monoisotopic (exact) mass is 276 g/mol. The Morgan fingerprint density at radius 3 is 2.65 bits per heavy atom. The maximum absolute atomic E-state index is 10.1. The molecule has 112 valence electrons. The minimum atomic E-state index is -0.330. The smallest absolute Gasteiger partial charge is 0.122 e. The Morgan fingerprint density at radius 2 is 1.95 bits per heavy atom. The molecular weight excluding hydrogens is 248 g/mol. The SMILES string of the molecule is CCC(C)c1ccccc1OCC(O)CC1CCCC1. The number of ether oxygens (including phenoxy) is 1. The lowest BCUT2D eigenvalue weighted by Gasteiger charge is -2.19. The third-order valence-electron chi connectivity index (χ3n) is 4.57. The van der Waals surface area contributed by atoms with Gasteiger partial charge in [0, 0.05) is 0 Å². The van der Waals surface area contributed by atoms with Crippen LogP contribution in [0.15, 0.2) is 24.3 Å². The summed E-state index contributed by atoms with van der Waals surface area (Å²) in [4.78, 5) is 0. The first-order valence-corrected chi connectivity index (χ1v) is 8.10. The van der Waals surface area contributed by atoms with Gasteiger partial charge in [-0.1, -0.05) is 57.7 Å². The molecule has 20 heavy (non-hydrogen) atoms. The van der Waals surface area contributed by atoms with Gasteiger partial charge < -0.3 is 9.84 Å². The third kappa shape index (κ3) is 4.24. The van der Waals surface area contributed by atoms with Crippen molar-refractivity contribution in [3.05, 3.63) is 29.8 Å². The lowest BCUT2D eigenvalue weighted by atomic mass is 9.97. The van der Waals surface area contributed by atoms with E-state index in [0.29, 0.717) is 18.4 Å². The van der Waals surface area contributed by atoms with E-state index in [2.05, 4.69) is 26.0 Å². The standard InChI is InChI=1S/C18H28O2/c1-3-14(2)17-10-6-7-11-18(17)20-13-16(19)12-15-8-4-5-9-15/h6-7,10-11,14-16,19H,3-5,8-9,12-13H2,1-2H3. The average molecular weight is 276 g/mol. The van der Waals surface area contributed by atoms with Crippen LogP contribution in [0.1, 0.15) is 63.9 Å². The van der Waals surface area contributed by atoms with Crippen molar-refractivity contribution < 1.29 is 9.84 Å². The van der Waals surface area contributed by atoms with E-state index < -0.39 is 0 Å².